The Balaban J connectivity index is 1.53. The Morgan fingerprint density at radius 1 is 0.838 bits per heavy atom. The minimum Gasteiger partial charge on any atom is -0.497 e. The number of methoxy groups -OCH3 is 1. The highest BCUT2D eigenvalue weighted by Gasteiger charge is 2.26. The summed E-state index contributed by atoms with van der Waals surface area (Å²) in [6.07, 6.45) is 1.73. The number of hydrogen-bond donors (Lipinski definition) is 1. The minimum atomic E-state index is -0.872. The Hall–Kier alpha value is -4.68. The molecule has 3 aromatic carbocycles. The molecule has 1 N–H and O–H groups in total. The molecule has 2 heterocycles. The predicted octanol–water partition coefficient (Wildman–Crippen LogP) is 6.32. The second-order valence-corrected chi connectivity index (χ2v) is 8.74. The van der Waals surface area contributed by atoms with Gasteiger partial charge in [0.15, 0.2) is 5.78 Å². The number of amides is 1. The number of aromatic nitrogens is 1. The van der Waals surface area contributed by atoms with Crippen LogP contribution in [0.4, 0.5) is 5.69 Å². The van der Waals surface area contributed by atoms with Gasteiger partial charge in [-0.2, -0.15) is 0 Å². The van der Waals surface area contributed by atoms with Crippen molar-refractivity contribution in [1.29, 1.82) is 0 Å². The number of anilines is 1. The third-order valence-corrected chi connectivity index (χ3v) is 6.25. The van der Waals surface area contributed by atoms with Crippen LogP contribution in [0.5, 0.6) is 5.75 Å². The van der Waals surface area contributed by atoms with Gasteiger partial charge >= 0.3 is 0 Å². The van der Waals surface area contributed by atoms with Crippen LogP contribution in [0.15, 0.2) is 103 Å². The van der Waals surface area contributed by atoms with Crippen LogP contribution >= 0.6 is 11.6 Å². The Labute approximate surface area is 218 Å². The summed E-state index contributed by atoms with van der Waals surface area (Å²) >= 11 is 6.16. The highest BCUT2D eigenvalue weighted by atomic mass is 35.5. The van der Waals surface area contributed by atoms with Gasteiger partial charge in [0.05, 0.1) is 12.8 Å². The zero-order valence-corrected chi connectivity index (χ0v) is 20.5. The number of rotatable bonds is 7. The van der Waals surface area contributed by atoms with Crippen molar-refractivity contribution < 1.29 is 19.1 Å². The molecule has 0 aliphatic heterocycles. The third-order valence-electron chi connectivity index (χ3n) is 6.01. The fourth-order valence-electron chi connectivity index (χ4n) is 4.19. The normalized spacial score (nSPS) is 10.8. The van der Waals surface area contributed by atoms with Gasteiger partial charge in [-0.05, 0) is 54.1 Å². The van der Waals surface area contributed by atoms with E-state index in [0.29, 0.717) is 21.9 Å². The summed E-state index contributed by atoms with van der Waals surface area (Å²) < 4.78 is 6.92. The number of pyridine rings is 1. The average Bonchev–Trinajstić information content (AvgIpc) is 3.33. The first-order valence-corrected chi connectivity index (χ1v) is 11.8. The Morgan fingerprint density at radius 3 is 2.30 bits per heavy atom. The summed E-state index contributed by atoms with van der Waals surface area (Å²) in [5.74, 6) is -1.26. The fourth-order valence-corrected chi connectivity index (χ4v) is 4.36. The summed E-state index contributed by atoms with van der Waals surface area (Å²) in [6, 6.07) is 27.8. The van der Waals surface area contributed by atoms with Crippen LogP contribution < -0.4 is 10.1 Å². The van der Waals surface area contributed by atoms with Gasteiger partial charge in [-0.1, -0.05) is 60.1 Å². The molecule has 0 bridgehead atoms. The molecule has 0 atom stereocenters. The molecular formula is C30H21ClN2O4. The smallest absolute Gasteiger partial charge is 0.298 e. The van der Waals surface area contributed by atoms with E-state index in [2.05, 4.69) is 5.32 Å². The van der Waals surface area contributed by atoms with E-state index < -0.39 is 11.7 Å². The van der Waals surface area contributed by atoms with Gasteiger partial charge in [0.2, 0.25) is 0 Å². The molecule has 7 heteroatoms. The first-order valence-electron chi connectivity index (χ1n) is 11.5. The van der Waals surface area contributed by atoms with Crippen molar-refractivity contribution in [2.45, 2.75) is 0 Å². The molecule has 0 saturated carbocycles. The predicted molar refractivity (Wildman–Crippen MR) is 144 cm³/mol. The van der Waals surface area contributed by atoms with Gasteiger partial charge in [-0.3, -0.25) is 14.4 Å². The largest absolute Gasteiger partial charge is 0.497 e. The summed E-state index contributed by atoms with van der Waals surface area (Å²) in [6.45, 7) is 0. The molecule has 5 rings (SSSR count). The molecule has 1 amide bonds. The zero-order chi connectivity index (χ0) is 25.9. The van der Waals surface area contributed by atoms with Crippen LogP contribution in [0.3, 0.4) is 0 Å². The van der Waals surface area contributed by atoms with E-state index in [1.165, 1.54) is 12.1 Å². The first kappa shape index (κ1) is 24.0. The number of fused-ring (bicyclic) bond motifs is 1. The Kier molecular flexibility index (Phi) is 6.58. The maximum atomic E-state index is 13.6. The number of ether oxygens (including phenoxy) is 1. The number of carbonyl (C=O) groups is 3. The molecule has 0 spiro atoms. The topological polar surface area (TPSA) is 76.9 Å². The van der Waals surface area contributed by atoms with E-state index >= 15 is 0 Å². The fraction of sp³-hybridized carbons (Fsp3) is 0.0333. The van der Waals surface area contributed by atoms with Gasteiger partial charge in [0.25, 0.3) is 11.7 Å². The van der Waals surface area contributed by atoms with E-state index in [1.54, 1.807) is 72.3 Å². The van der Waals surface area contributed by atoms with Crippen molar-refractivity contribution in [1.82, 2.24) is 4.40 Å². The van der Waals surface area contributed by atoms with Gasteiger partial charge in [0.1, 0.15) is 11.4 Å². The minimum absolute atomic E-state index is 0.190. The summed E-state index contributed by atoms with van der Waals surface area (Å²) in [4.78, 5) is 40.0. The van der Waals surface area contributed by atoms with Crippen molar-refractivity contribution in [2.24, 2.45) is 0 Å². The molecule has 6 nitrogen and oxygen atoms in total. The van der Waals surface area contributed by atoms with Gasteiger partial charge < -0.3 is 14.5 Å². The van der Waals surface area contributed by atoms with Crippen LogP contribution in [0.25, 0.3) is 16.6 Å². The molecular weight excluding hydrogens is 488 g/mol. The van der Waals surface area contributed by atoms with Gasteiger partial charge in [-0.15, -0.1) is 0 Å². The molecule has 0 aliphatic rings. The number of ketones is 2. The lowest BCUT2D eigenvalue weighted by molar-refractivity contribution is -0.112. The van der Waals surface area contributed by atoms with Gasteiger partial charge in [-0.25, -0.2) is 0 Å². The van der Waals surface area contributed by atoms with Crippen molar-refractivity contribution in [3.05, 3.63) is 125 Å². The molecule has 182 valence electrons. The lowest BCUT2D eigenvalue weighted by atomic mass is 10.0. The Bertz CT molecular complexity index is 1640. The molecule has 0 fully saturated rings. The Morgan fingerprint density at radius 2 is 1.57 bits per heavy atom. The van der Waals surface area contributed by atoms with Crippen molar-refractivity contribution in [3.8, 4) is 16.9 Å². The number of nitrogens with one attached hydrogen (secondary N) is 1. The van der Waals surface area contributed by atoms with E-state index in [-0.39, 0.29) is 22.7 Å². The second kappa shape index (κ2) is 10.1. The van der Waals surface area contributed by atoms with Crippen LogP contribution in [0.1, 0.15) is 26.4 Å². The highest BCUT2D eigenvalue weighted by molar-refractivity contribution is 6.47. The van der Waals surface area contributed by atoms with E-state index in [4.69, 9.17) is 16.3 Å². The molecule has 2 aromatic heterocycles. The molecule has 37 heavy (non-hydrogen) atoms. The second-order valence-electron chi connectivity index (χ2n) is 8.30. The number of nitrogens with zero attached hydrogens (tertiary/aromatic N) is 1. The average molecular weight is 509 g/mol. The highest BCUT2D eigenvalue weighted by Crippen LogP contribution is 2.30. The quantitative estimate of drug-likeness (QED) is 0.206. The number of hydrogen-bond acceptors (Lipinski definition) is 4. The van der Waals surface area contributed by atoms with Gasteiger partial charge in [0, 0.05) is 33.4 Å². The van der Waals surface area contributed by atoms with E-state index in [0.717, 1.165) is 11.1 Å². The molecule has 5 aromatic rings. The molecule has 0 unspecified atom stereocenters. The summed E-state index contributed by atoms with van der Waals surface area (Å²) in [5.41, 5.74) is 3.15. The van der Waals surface area contributed by atoms with E-state index in [9.17, 15) is 14.4 Å². The standard InChI is InChI=1S/C30H21ClN2O4/c1-37-23-13-10-19(11-14-23)24-18-22-9-5-6-16-33(22)27(24)29(35)30(36)32-26-15-12-21(31)17-25(26)28(34)20-7-3-2-4-8-20/h2-18H,1H3,(H,32,36). The first-order chi connectivity index (χ1) is 18.0. The van der Waals surface area contributed by atoms with Crippen molar-refractivity contribution in [3.63, 3.8) is 0 Å². The summed E-state index contributed by atoms with van der Waals surface area (Å²) in [7, 11) is 1.58. The maximum absolute atomic E-state index is 13.6. The molecule has 0 radical (unpaired) electrons. The van der Waals surface area contributed by atoms with Crippen LogP contribution in [0.2, 0.25) is 5.02 Å². The number of halogens is 1. The SMILES string of the molecule is COc1ccc(-c2cc3ccccn3c2C(=O)C(=O)Nc2ccc(Cl)cc2C(=O)c2ccccc2)cc1. The van der Waals surface area contributed by atoms with Crippen LogP contribution in [-0.4, -0.2) is 29.0 Å². The maximum Gasteiger partial charge on any atom is 0.298 e. The lowest BCUT2D eigenvalue weighted by Gasteiger charge is -2.12. The number of benzene rings is 3. The van der Waals surface area contributed by atoms with Crippen LogP contribution in [-0.2, 0) is 4.79 Å². The molecule has 0 aliphatic carbocycles. The summed E-state index contributed by atoms with van der Waals surface area (Å²) in [5, 5.41) is 2.97. The van der Waals surface area contributed by atoms with Crippen LogP contribution in [0, 0.1) is 0 Å². The number of carbonyl (C=O) groups excluding carboxylic acids is 3. The third kappa shape index (κ3) is 4.75. The lowest BCUT2D eigenvalue weighted by Crippen LogP contribution is -2.25. The van der Waals surface area contributed by atoms with Crippen molar-refractivity contribution >= 4 is 40.3 Å². The zero-order valence-electron chi connectivity index (χ0n) is 19.8. The monoisotopic (exact) mass is 508 g/mol. The van der Waals surface area contributed by atoms with Crippen molar-refractivity contribution in [2.75, 3.05) is 12.4 Å². The number of Topliss-reactive ketones (excluding diaryl/α,β-unsaturated/α-hetero) is 1. The molecule has 0 saturated heterocycles. The van der Waals surface area contributed by atoms with E-state index in [1.807, 2.05) is 30.3 Å².